The van der Waals surface area contributed by atoms with E-state index in [4.69, 9.17) is 29.3 Å². The van der Waals surface area contributed by atoms with E-state index in [9.17, 15) is 0 Å². The van der Waals surface area contributed by atoms with Crippen LogP contribution in [-0.4, -0.2) is 64.5 Å². The molecule has 2 N–H and O–H groups in total. The van der Waals surface area contributed by atoms with E-state index in [1.165, 1.54) is 51.9 Å². The van der Waals surface area contributed by atoms with Gasteiger partial charge < -0.3 is 39.9 Å². The van der Waals surface area contributed by atoms with Gasteiger partial charge >= 0.3 is 0 Å². The van der Waals surface area contributed by atoms with E-state index >= 15 is 0 Å². The van der Waals surface area contributed by atoms with E-state index < -0.39 is 11.9 Å². The number of ether oxygens (including phenoxy) is 2. The second-order valence-electron chi connectivity index (χ2n) is 7.09. The number of carbonyl (C=O) groups is 2. The molecular weight excluding hydrogens is 316 g/mol. The number of aliphatic carboxylic acids is 2. The maximum Gasteiger partial charge on any atom is 0.0870 e. The van der Waals surface area contributed by atoms with Crippen molar-refractivity contribution in [3.05, 3.63) is 0 Å². The van der Waals surface area contributed by atoms with Gasteiger partial charge in [-0.1, -0.05) is 0 Å². The summed E-state index contributed by atoms with van der Waals surface area (Å²) in [5, 5.41) is 24.4. The Morgan fingerprint density at radius 3 is 1.25 bits per heavy atom. The first-order chi connectivity index (χ1) is 11.5. The van der Waals surface area contributed by atoms with Gasteiger partial charge in [-0.3, -0.25) is 0 Å². The normalized spacial score (nSPS) is 25.8. The van der Waals surface area contributed by atoms with Crippen molar-refractivity contribution in [2.45, 2.75) is 25.7 Å². The number of carboxylic acids is 2. The molecular formula is C16H26N2O6-2. The van der Waals surface area contributed by atoms with Gasteiger partial charge in [0.25, 0.3) is 0 Å². The van der Waals surface area contributed by atoms with Crippen LogP contribution in [-0.2, 0) is 19.1 Å². The molecule has 138 valence electrons. The number of carbonyl (C=O) groups excluding carboxylic acids is 2. The largest absolute Gasteiger partial charge is 0.543 e. The third-order valence-electron chi connectivity index (χ3n) is 4.97. The summed E-state index contributed by atoms with van der Waals surface area (Å²) in [5.74, 6) is -4.37. The lowest BCUT2D eigenvalue weighted by atomic mass is 9.77. The zero-order valence-electron chi connectivity index (χ0n) is 13.9. The van der Waals surface area contributed by atoms with Crippen LogP contribution >= 0.6 is 0 Å². The van der Waals surface area contributed by atoms with Crippen LogP contribution in [0.5, 0.6) is 0 Å². The molecule has 0 saturated carbocycles. The Kier molecular flexibility index (Phi) is 6.97. The Hall–Kier alpha value is -1.22. The average molecular weight is 342 g/mol. The van der Waals surface area contributed by atoms with Crippen LogP contribution in [0.2, 0.25) is 0 Å². The van der Waals surface area contributed by atoms with Crippen molar-refractivity contribution in [2.24, 2.45) is 10.8 Å². The maximum absolute atomic E-state index is 8.93. The molecule has 4 aliphatic rings. The number of nitrogens with one attached hydrogen (secondary N) is 2. The predicted molar refractivity (Wildman–Crippen MR) is 80.7 cm³/mol. The Morgan fingerprint density at radius 1 is 0.750 bits per heavy atom. The fraction of sp³-hybridized carbons (Fsp3) is 0.875. The number of hydrogen-bond acceptors (Lipinski definition) is 8. The van der Waals surface area contributed by atoms with Crippen LogP contribution in [0.4, 0.5) is 0 Å². The van der Waals surface area contributed by atoms with Gasteiger partial charge in [0.1, 0.15) is 0 Å². The van der Waals surface area contributed by atoms with Crippen molar-refractivity contribution in [1.29, 1.82) is 0 Å². The quantitative estimate of drug-likeness (QED) is 0.455. The van der Waals surface area contributed by atoms with Crippen LogP contribution in [0.1, 0.15) is 25.7 Å². The van der Waals surface area contributed by atoms with E-state index in [0.717, 1.165) is 26.4 Å². The molecule has 4 aliphatic heterocycles. The molecule has 0 amide bonds. The molecule has 0 aliphatic carbocycles. The fourth-order valence-electron chi connectivity index (χ4n) is 3.33. The summed E-state index contributed by atoms with van der Waals surface area (Å²) in [7, 11) is 0. The third kappa shape index (κ3) is 5.41. The van der Waals surface area contributed by atoms with Gasteiger partial charge in [-0.15, -0.1) is 0 Å². The predicted octanol–water partition coefficient (Wildman–Crippen LogP) is -2.74. The van der Waals surface area contributed by atoms with E-state index in [-0.39, 0.29) is 0 Å². The van der Waals surface area contributed by atoms with Gasteiger partial charge in [0.05, 0.1) is 25.2 Å². The molecule has 24 heavy (non-hydrogen) atoms. The fourth-order valence-corrected chi connectivity index (χ4v) is 3.33. The molecule has 4 fully saturated rings. The lowest BCUT2D eigenvalue weighted by Gasteiger charge is -2.44. The second-order valence-corrected chi connectivity index (χ2v) is 7.09. The minimum absolute atomic E-state index is 0.568. The molecule has 0 unspecified atom stereocenters. The van der Waals surface area contributed by atoms with E-state index in [0.29, 0.717) is 10.8 Å². The molecule has 0 aromatic carbocycles. The molecule has 4 heterocycles. The Balaban J connectivity index is 0.000000134. The third-order valence-corrected chi connectivity index (χ3v) is 4.97. The Morgan fingerprint density at radius 2 is 1.12 bits per heavy atom. The second kappa shape index (κ2) is 8.75. The summed E-state index contributed by atoms with van der Waals surface area (Å²) < 4.78 is 10.8. The van der Waals surface area contributed by atoms with E-state index in [1.54, 1.807) is 0 Å². The van der Waals surface area contributed by atoms with E-state index in [2.05, 4.69) is 10.6 Å². The topological polar surface area (TPSA) is 123 Å². The number of rotatable bonds is 0. The van der Waals surface area contributed by atoms with Crippen molar-refractivity contribution < 1.29 is 29.3 Å². The summed E-state index contributed by atoms with van der Waals surface area (Å²) in [6.07, 6.45) is 5.28. The van der Waals surface area contributed by atoms with Gasteiger partial charge in [0.15, 0.2) is 0 Å². The van der Waals surface area contributed by atoms with Crippen LogP contribution in [0.25, 0.3) is 0 Å². The maximum atomic E-state index is 8.93. The van der Waals surface area contributed by atoms with Crippen LogP contribution < -0.4 is 20.8 Å². The number of hydrogen-bond donors (Lipinski definition) is 2. The van der Waals surface area contributed by atoms with Crippen molar-refractivity contribution in [3.63, 3.8) is 0 Å². The van der Waals surface area contributed by atoms with Gasteiger partial charge in [-0.25, -0.2) is 0 Å². The van der Waals surface area contributed by atoms with Crippen LogP contribution in [0.15, 0.2) is 0 Å². The highest BCUT2D eigenvalue weighted by Crippen LogP contribution is 2.32. The smallest absolute Gasteiger partial charge is 0.0870 e. The van der Waals surface area contributed by atoms with E-state index in [1.807, 2.05) is 0 Å². The summed E-state index contributed by atoms with van der Waals surface area (Å²) in [4.78, 5) is 17.9. The number of carboxylic acid groups (broad SMARTS) is 2. The molecule has 0 aromatic heterocycles. The first-order valence-corrected chi connectivity index (χ1v) is 8.46. The highest BCUT2D eigenvalue weighted by molar-refractivity contribution is 6.25. The van der Waals surface area contributed by atoms with Gasteiger partial charge in [0.2, 0.25) is 0 Å². The lowest BCUT2D eigenvalue weighted by Crippen LogP contribution is -2.57. The lowest BCUT2D eigenvalue weighted by molar-refractivity contribution is -0.345. The highest BCUT2D eigenvalue weighted by atomic mass is 16.5. The van der Waals surface area contributed by atoms with Gasteiger partial charge in [-0.2, -0.15) is 0 Å². The van der Waals surface area contributed by atoms with Crippen LogP contribution in [0.3, 0.4) is 0 Å². The summed E-state index contributed by atoms with van der Waals surface area (Å²) in [5.41, 5.74) is 1.14. The summed E-state index contributed by atoms with van der Waals surface area (Å²) in [6.45, 7) is 8.73. The Labute approximate surface area is 141 Å². The minimum Gasteiger partial charge on any atom is -0.543 e. The molecule has 0 bridgehead atoms. The molecule has 0 aromatic rings. The van der Waals surface area contributed by atoms with Crippen molar-refractivity contribution in [3.8, 4) is 0 Å². The molecule has 2 spiro atoms. The zero-order chi connectivity index (χ0) is 17.5. The summed E-state index contributed by atoms with van der Waals surface area (Å²) in [6, 6.07) is 0. The first kappa shape index (κ1) is 19.1. The SMILES string of the molecule is C1COCC2(C1)CNC2.C1COCC2(C1)CNC2.O=C([O-])C(=O)[O-]. The molecule has 4 rings (SSSR count). The minimum atomic E-state index is -2.19. The first-order valence-electron chi connectivity index (χ1n) is 8.46. The van der Waals surface area contributed by atoms with Crippen molar-refractivity contribution in [2.75, 3.05) is 52.6 Å². The van der Waals surface area contributed by atoms with Gasteiger partial charge in [0, 0.05) is 50.2 Å². The zero-order valence-corrected chi connectivity index (χ0v) is 13.9. The molecule has 0 atom stereocenters. The molecule has 8 nitrogen and oxygen atoms in total. The Bertz CT molecular complexity index is 378. The monoisotopic (exact) mass is 342 g/mol. The van der Waals surface area contributed by atoms with Crippen LogP contribution in [0, 0.1) is 10.8 Å². The van der Waals surface area contributed by atoms with Gasteiger partial charge in [-0.05, 0) is 25.7 Å². The standard InChI is InChI=1S/2C7H13NO.C2H2O4/c2*1-2-7(4-8-5-7)6-9-3-1;3-1(4)2(5)6/h2*8H,1-6H2;(H,3,4)(H,5,6)/p-2. The highest BCUT2D eigenvalue weighted by Gasteiger charge is 2.39. The van der Waals surface area contributed by atoms with Crippen molar-refractivity contribution >= 4 is 11.9 Å². The average Bonchev–Trinajstić information content (AvgIpc) is 2.55. The molecule has 4 saturated heterocycles. The molecule has 8 heteroatoms. The summed E-state index contributed by atoms with van der Waals surface area (Å²) >= 11 is 0. The molecule has 0 radical (unpaired) electrons. The van der Waals surface area contributed by atoms with Crippen molar-refractivity contribution in [1.82, 2.24) is 10.6 Å².